The number of hydrogen-bond donors (Lipinski definition) is 1. The lowest BCUT2D eigenvalue weighted by Crippen LogP contribution is -2.28. The van der Waals surface area contributed by atoms with Crippen molar-refractivity contribution >= 4 is 45.5 Å². The third-order valence-corrected chi connectivity index (χ3v) is 2.86. The predicted molar refractivity (Wildman–Crippen MR) is 57.6 cm³/mol. The zero-order valence-electron chi connectivity index (χ0n) is 6.89. The zero-order chi connectivity index (χ0) is 9.35. The number of amides is 2. The number of carbonyl (C=O) groups is 2. The number of carbonyl (C=O) groups excluding carboxylic acids is 2. The first-order valence-electron chi connectivity index (χ1n) is 3.59. The Morgan fingerprint density at radius 1 is 1.58 bits per heavy atom. The van der Waals surface area contributed by atoms with Crippen molar-refractivity contribution in [2.24, 2.45) is 0 Å². The fourth-order valence-corrected chi connectivity index (χ4v) is 2.79. The Hall–Kier alpha value is 0.220. The lowest BCUT2D eigenvalue weighted by Gasteiger charge is -2.17. The number of thioether (sulfide) groups is 1. The Bertz CT molecular complexity index is 224. The molecule has 0 bridgehead atoms. The molecule has 1 atom stereocenters. The van der Waals surface area contributed by atoms with Gasteiger partial charge in [-0.3, -0.25) is 14.9 Å². The second-order valence-corrected chi connectivity index (χ2v) is 7.40. The Morgan fingerprint density at radius 2 is 2.17 bits per heavy atom. The topological polar surface area (TPSA) is 46.2 Å². The van der Waals surface area contributed by atoms with E-state index in [1.54, 1.807) is 0 Å². The molecule has 3 nitrogen and oxygen atoms in total. The maximum Gasteiger partial charge on any atom is 0.286 e. The predicted octanol–water partition coefficient (Wildman–Crippen LogP) is 1.94. The van der Waals surface area contributed by atoms with Gasteiger partial charge < -0.3 is 0 Å². The zero-order valence-corrected chi connectivity index (χ0v) is 9.86. The van der Waals surface area contributed by atoms with Crippen LogP contribution in [-0.2, 0) is 4.79 Å². The second kappa shape index (κ2) is 3.53. The van der Waals surface area contributed by atoms with E-state index in [0.717, 1.165) is 18.2 Å². The van der Waals surface area contributed by atoms with Crippen molar-refractivity contribution in [3.8, 4) is 0 Å². The molecule has 0 saturated carbocycles. The molecule has 1 aliphatic rings. The molecule has 2 amide bonds. The maximum atomic E-state index is 11.1. The normalized spacial score (nSPS) is 24.4. The van der Waals surface area contributed by atoms with Gasteiger partial charge in [0.1, 0.15) is 0 Å². The van der Waals surface area contributed by atoms with Crippen molar-refractivity contribution in [2.45, 2.75) is 28.9 Å². The third-order valence-electron chi connectivity index (χ3n) is 1.44. The maximum absolute atomic E-state index is 11.1. The number of alkyl halides is 1. The molecule has 5 heteroatoms. The molecule has 1 rings (SSSR count). The SMILES string of the molecule is CC(C)(I)CC1SC(=O)NC1=O. The molecule has 0 aromatic rings. The average molecular weight is 299 g/mol. The van der Waals surface area contributed by atoms with Gasteiger partial charge in [-0.2, -0.15) is 0 Å². The summed E-state index contributed by atoms with van der Waals surface area (Å²) >= 11 is 3.37. The van der Waals surface area contributed by atoms with Crippen LogP contribution >= 0.6 is 34.4 Å². The molecule has 1 aliphatic heterocycles. The highest BCUT2D eigenvalue weighted by Crippen LogP contribution is 2.31. The van der Waals surface area contributed by atoms with E-state index in [9.17, 15) is 9.59 Å². The van der Waals surface area contributed by atoms with Crippen LogP contribution < -0.4 is 5.32 Å². The standard InChI is InChI=1S/C7H10INO2S/c1-7(2,8)3-4-5(10)9-6(11)12-4/h4H,3H2,1-2H3,(H,9,10,11). The van der Waals surface area contributed by atoms with E-state index in [1.165, 1.54) is 0 Å². The summed E-state index contributed by atoms with van der Waals surface area (Å²) < 4.78 is 0.0669. The van der Waals surface area contributed by atoms with E-state index in [0.29, 0.717) is 0 Å². The first-order valence-corrected chi connectivity index (χ1v) is 5.55. The molecule has 0 aromatic heterocycles. The number of nitrogens with one attached hydrogen (secondary N) is 1. The number of hydrogen-bond acceptors (Lipinski definition) is 3. The molecule has 68 valence electrons. The molecule has 1 heterocycles. The van der Waals surface area contributed by atoms with Gasteiger partial charge in [0.05, 0.1) is 5.25 Å². The molecule has 1 fully saturated rings. The molecule has 1 N–H and O–H groups in total. The van der Waals surface area contributed by atoms with Crippen LogP contribution in [0.15, 0.2) is 0 Å². The van der Waals surface area contributed by atoms with Gasteiger partial charge in [-0.1, -0.05) is 48.2 Å². The first kappa shape index (κ1) is 10.3. The summed E-state index contributed by atoms with van der Waals surface area (Å²) in [6.45, 7) is 4.09. The van der Waals surface area contributed by atoms with Crippen molar-refractivity contribution in [3.05, 3.63) is 0 Å². The number of rotatable bonds is 2. The van der Waals surface area contributed by atoms with Gasteiger partial charge in [-0.25, -0.2) is 0 Å². The lowest BCUT2D eigenvalue weighted by molar-refractivity contribution is -0.119. The molecular formula is C7H10INO2S. The largest absolute Gasteiger partial charge is 0.286 e. The van der Waals surface area contributed by atoms with Crippen molar-refractivity contribution in [1.82, 2.24) is 5.32 Å². The summed E-state index contributed by atoms with van der Waals surface area (Å²) in [7, 11) is 0. The van der Waals surface area contributed by atoms with Crippen LogP contribution in [0, 0.1) is 0 Å². The molecule has 12 heavy (non-hydrogen) atoms. The number of imide groups is 1. The van der Waals surface area contributed by atoms with Crippen molar-refractivity contribution in [3.63, 3.8) is 0 Å². The minimum absolute atomic E-state index is 0.0669. The van der Waals surface area contributed by atoms with Crippen LogP contribution in [0.5, 0.6) is 0 Å². The van der Waals surface area contributed by atoms with Crippen LogP contribution in [0.1, 0.15) is 20.3 Å². The minimum Gasteiger partial charge on any atom is -0.286 e. The van der Waals surface area contributed by atoms with Crippen LogP contribution in [0.25, 0.3) is 0 Å². The Labute approximate surface area is 89.2 Å². The Morgan fingerprint density at radius 3 is 2.50 bits per heavy atom. The van der Waals surface area contributed by atoms with E-state index < -0.39 is 0 Å². The van der Waals surface area contributed by atoms with E-state index in [4.69, 9.17) is 0 Å². The smallest absolute Gasteiger partial charge is 0.286 e. The van der Waals surface area contributed by atoms with Gasteiger partial charge in [-0.15, -0.1) is 0 Å². The minimum atomic E-state index is -0.217. The molecule has 1 unspecified atom stereocenters. The highest BCUT2D eigenvalue weighted by Gasteiger charge is 2.34. The number of halogens is 1. The van der Waals surface area contributed by atoms with Crippen LogP contribution in [0.4, 0.5) is 4.79 Å². The van der Waals surface area contributed by atoms with Crippen LogP contribution in [0.3, 0.4) is 0 Å². The Balaban J connectivity index is 2.54. The fraction of sp³-hybridized carbons (Fsp3) is 0.714. The van der Waals surface area contributed by atoms with E-state index >= 15 is 0 Å². The summed E-state index contributed by atoms with van der Waals surface area (Å²) in [4.78, 5) is 21.9. The molecule has 0 aromatic carbocycles. The molecular weight excluding hydrogens is 289 g/mol. The highest BCUT2D eigenvalue weighted by atomic mass is 127. The molecule has 1 saturated heterocycles. The molecule has 0 radical (unpaired) electrons. The summed E-state index contributed by atoms with van der Waals surface area (Å²) in [5.41, 5.74) is 0. The average Bonchev–Trinajstić information content (AvgIpc) is 2.06. The van der Waals surface area contributed by atoms with Gasteiger partial charge in [0.15, 0.2) is 0 Å². The van der Waals surface area contributed by atoms with Gasteiger partial charge in [0.25, 0.3) is 5.24 Å². The van der Waals surface area contributed by atoms with Crippen LogP contribution in [0.2, 0.25) is 0 Å². The fourth-order valence-electron chi connectivity index (χ4n) is 0.969. The van der Waals surface area contributed by atoms with Gasteiger partial charge in [-0.05, 0) is 6.42 Å². The Kier molecular flexibility index (Phi) is 3.03. The summed E-state index contributed by atoms with van der Waals surface area (Å²) in [6.07, 6.45) is 0.732. The third kappa shape index (κ3) is 2.93. The summed E-state index contributed by atoms with van der Waals surface area (Å²) in [5, 5.41) is 1.86. The van der Waals surface area contributed by atoms with Crippen molar-refractivity contribution in [2.75, 3.05) is 0 Å². The lowest BCUT2D eigenvalue weighted by atomic mass is 10.1. The van der Waals surface area contributed by atoms with E-state index in [-0.39, 0.29) is 19.8 Å². The first-order chi connectivity index (χ1) is 5.38. The summed E-state index contributed by atoms with van der Waals surface area (Å²) in [6, 6.07) is 0. The quantitative estimate of drug-likeness (QED) is 0.626. The molecule has 0 spiro atoms. The highest BCUT2D eigenvalue weighted by molar-refractivity contribution is 14.1. The summed E-state index contributed by atoms with van der Waals surface area (Å²) in [5.74, 6) is -0.144. The van der Waals surface area contributed by atoms with Gasteiger partial charge >= 0.3 is 0 Å². The van der Waals surface area contributed by atoms with Crippen LogP contribution in [-0.4, -0.2) is 19.8 Å². The van der Waals surface area contributed by atoms with E-state index in [2.05, 4.69) is 27.9 Å². The molecule has 0 aliphatic carbocycles. The van der Waals surface area contributed by atoms with E-state index in [1.807, 2.05) is 13.8 Å². The van der Waals surface area contributed by atoms with Crippen molar-refractivity contribution in [1.29, 1.82) is 0 Å². The van der Waals surface area contributed by atoms with Gasteiger partial charge in [0.2, 0.25) is 5.91 Å². The van der Waals surface area contributed by atoms with Gasteiger partial charge in [0, 0.05) is 3.42 Å². The van der Waals surface area contributed by atoms with Crippen molar-refractivity contribution < 1.29 is 9.59 Å². The second-order valence-electron chi connectivity index (χ2n) is 3.31. The monoisotopic (exact) mass is 299 g/mol.